The third-order valence-electron chi connectivity index (χ3n) is 1.54. The summed E-state index contributed by atoms with van der Waals surface area (Å²) in [6, 6.07) is 0. The zero-order valence-corrected chi connectivity index (χ0v) is 7.52. The fourth-order valence-corrected chi connectivity index (χ4v) is 1.57. The smallest absolute Gasteiger partial charge is 0.281 e. The first kappa shape index (κ1) is 8.87. The zero-order chi connectivity index (χ0) is 8.10. The van der Waals surface area contributed by atoms with Crippen molar-refractivity contribution in [2.24, 2.45) is 0 Å². The lowest BCUT2D eigenvalue weighted by atomic mass is 10.5. The van der Waals surface area contributed by atoms with Crippen molar-refractivity contribution >= 4 is 17.0 Å². The fraction of sp³-hybridized carbons (Fsp3) is 0.857. The predicted molar refractivity (Wildman–Crippen MR) is 45.9 cm³/mol. The van der Waals surface area contributed by atoms with Crippen LogP contribution in [0.15, 0.2) is 0 Å². The van der Waals surface area contributed by atoms with Crippen molar-refractivity contribution in [3.05, 3.63) is 0 Å². The molecule has 64 valence electrons. The first-order valence-electron chi connectivity index (χ1n) is 3.84. The van der Waals surface area contributed by atoms with Gasteiger partial charge >= 0.3 is 0 Å². The Morgan fingerprint density at radius 3 is 2.73 bits per heavy atom. The van der Waals surface area contributed by atoms with Crippen LogP contribution in [0.3, 0.4) is 0 Å². The monoisotopic (exact) mass is 175 g/mol. The molecule has 0 radical (unpaired) electrons. The fourth-order valence-electron chi connectivity index (χ4n) is 0.961. The van der Waals surface area contributed by atoms with Crippen LogP contribution in [0.1, 0.15) is 6.92 Å². The molecular formula is C7H13NO2S. The minimum Gasteiger partial charge on any atom is -0.378 e. The number of rotatable bonds is 1. The minimum absolute atomic E-state index is 0.191. The Labute approximate surface area is 71.1 Å². The van der Waals surface area contributed by atoms with Crippen molar-refractivity contribution in [3.8, 4) is 0 Å². The SMILES string of the molecule is CCSC(=O)N1CCOCC1. The van der Waals surface area contributed by atoms with Crippen LogP contribution in [0.2, 0.25) is 0 Å². The average molecular weight is 175 g/mol. The van der Waals surface area contributed by atoms with Crippen molar-refractivity contribution in [1.29, 1.82) is 0 Å². The predicted octanol–water partition coefficient (Wildman–Crippen LogP) is 1.19. The summed E-state index contributed by atoms with van der Waals surface area (Å²) in [7, 11) is 0. The van der Waals surface area contributed by atoms with Gasteiger partial charge in [0.05, 0.1) is 13.2 Å². The van der Waals surface area contributed by atoms with Gasteiger partial charge in [0.15, 0.2) is 0 Å². The lowest BCUT2D eigenvalue weighted by molar-refractivity contribution is 0.0593. The van der Waals surface area contributed by atoms with Gasteiger partial charge in [-0.15, -0.1) is 0 Å². The molecule has 1 amide bonds. The maximum absolute atomic E-state index is 11.2. The Kier molecular flexibility index (Phi) is 3.72. The topological polar surface area (TPSA) is 29.5 Å². The molecule has 1 saturated heterocycles. The highest BCUT2D eigenvalue weighted by molar-refractivity contribution is 8.13. The van der Waals surface area contributed by atoms with Crippen LogP contribution in [0.4, 0.5) is 4.79 Å². The van der Waals surface area contributed by atoms with Crippen molar-refractivity contribution in [2.75, 3.05) is 32.1 Å². The van der Waals surface area contributed by atoms with Crippen molar-refractivity contribution < 1.29 is 9.53 Å². The van der Waals surface area contributed by atoms with E-state index in [-0.39, 0.29) is 5.24 Å². The highest BCUT2D eigenvalue weighted by Crippen LogP contribution is 2.09. The van der Waals surface area contributed by atoms with Crippen LogP contribution >= 0.6 is 11.8 Å². The Balaban J connectivity index is 2.27. The molecule has 11 heavy (non-hydrogen) atoms. The van der Waals surface area contributed by atoms with E-state index in [1.807, 2.05) is 11.8 Å². The van der Waals surface area contributed by atoms with E-state index in [9.17, 15) is 4.79 Å². The lowest BCUT2D eigenvalue weighted by Gasteiger charge is -2.25. The van der Waals surface area contributed by atoms with Crippen LogP contribution < -0.4 is 0 Å². The van der Waals surface area contributed by atoms with E-state index in [4.69, 9.17) is 4.74 Å². The van der Waals surface area contributed by atoms with E-state index >= 15 is 0 Å². The van der Waals surface area contributed by atoms with Gasteiger partial charge in [-0.2, -0.15) is 0 Å². The third-order valence-corrected chi connectivity index (χ3v) is 2.33. The van der Waals surface area contributed by atoms with Gasteiger partial charge in [0.1, 0.15) is 0 Å². The largest absolute Gasteiger partial charge is 0.378 e. The highest BCUT2D eigenvalue weighted by atomic mass is 32.2. The summed E-state index contributed by atoms with van der Waals surface area (Å²) in [5.74, 6) is 0.857. The molecule has 0 aliphatic carbocycles. The Morgan fingerprint density at radius 2 is 2.18 bits per heavy atom. The normalized spacial score (nSPS) is 18.5. The van der Waals surface area contributed by atoms with Crippen molar-refractivity contribution in [2.45, 2.75) is 6.92 Å². The Morgan fingerprint density at radius 1 is 1.55 bits per heavy atom. The van der Waals surface area contributed by atoms with Gasteiger partial charge in [-0.05, 0) is 5.75 Å². The molecule has 0 N–H and O–H groups in total. The second-order valence-corrected chi connectivity index (χ2v) is 3.51. The van der Waals surface area contributed by atoms with E-state index in [0.717, 1.165) is 18.8 Å². The average Bonchev–Trinajstić information content (AvgIpc) is 2.07. The summed E-state index contributed by atoms with van der Waals surface area (Å²) in [5, 5.41) is 0.191. The number of hydrogen-bond acceptors (Lipinski definition) is 3. The molecule has 4 heteroatoms. The molecule has 0 saturated carbocycles. The van der Waals surface area contributed by atoms with Crippen LogP contribution in [0.25, 0.3) is 0 Å². The highest BCUT2D eigenvalue weighted by Gasteiger charge is 2.15. The van der Waals surface area contributed by atoms with Gasteiger partial charge < -0.3 is 9.64 Å². The Hall–Kier alpha value is -0.220. The number of morpholine rings is 1. The number of thioether (sulfide) groups is 1. The maximum Gasteiger partial charge on any atom is 0.281 e. The van der Waals surface area contributed by atoms with Crippen LogP contribution in [-0.2, 0) is 4.74 Å². The van der Waals surface area contributed by atoms with Gasteiger partial charge in [-0.3, -0.25) is 4.79 Å². The van der Waals surface area contributed by atoms with Gasteiger partial charge in [0.25, 0.3) is 5.24 Å². The molecule has 1 rings (SSSR count). The Bertz CT molecular complexity index is 134. The minimum atomic E-state index is 0.191. The second kappa shape index (κ2) is 4.62. The lowest BCUT2D eigenvalue weighted by Crippen LogP contribution is -2.38. The summed E-state index contributed by atoms with van der Waals surface area (Å²) >= 11 is 1.37. The van der Waals surface area contributed by atoms with Gasteiger partial charge in [0, 0.05) is 13.1 Å². The molecule has 0 aromatic heterocycles. The molecule has 0 aromatic carbocycles. The standard InChI is InChI=1S/C7H13NO2S/c1-2-11-7(9)8-3-5-10-6-4-8/h2-6H2,1H3. The van der Waals surface area contributed by atoms with Crippen LogP contribution in [-0.4, -0.2) is 42.2 Å². The molecule has 1 aliphatic rings. The number of carbonyl (C=O) groups excluding carboxylic acids is 1. The van der Waals surface area contributed by atoms with Gasteiger partial charge in [-0.1, -0.05) is 18.7 Å². The molecule has 0 bridgehead atoms. The maximum atomic E-state index is 11.2. The van der Waals surface area contributed by atoms with Gasteiger partial charge in [-0.25, -0.2) is 0 Å². The number of amides is 1. The molecule has 3 nitrogen and oxygen atoms in total. The summed E-state index contributed by atoms with van der Waals surface area (Å²) in [6.45, 7) is 4.88. The van der Waals surface area contributed by atoms with Crippen molar-refractivity contribution in [3.63, 3.8) is 0 Å². The first-order chi connectivity index (χ1) is 5.34. The summed E-state index contributed by atoms with van der Waals surface area (Å²) in [6.07, 6.45) is 0. The van der Waals surface area contributed by atoms with Gasteiger partial charge in [0.2, 0.25) is 0 Å². The van der Waals surface area contributed by atoms with Crippen molar-refractivity contribution in [1.82, 2.24) is 4.90 Å². The molecule has 1 heterocycles. The van der Waals surface area contributed by atoms with Crippen LogP contribution in [0, 0.1) is 0 Å². The molecular weight excluding hydrogens is 162 g/mol. The molecule has 0 aromatic rings. The molecule has 1 fully saturated rings. The number of hydrogen-bond donors (Lipinski definition) is 0. The van der Waals surface area contributed by atoms with Crippen LogP contribution in [0.5, 0.6) is 0 Å². The molecule has 0 atom stereocenters. The number of ether oxygens (including phenoxy) is 1. The number of nitrogens with zero attached hydrogens (tertiary/aromatic N) is 1. The number of carbonyl (C=O) groups is 1. The third kappa shape index (κ3) is 2.71. The van der Waals surface area contributed by atoms with E-state index in [0.29, 0.717) is 13.2 Å². The van der Waals surface area contributed by atoms with E-state index in [1.54, 1.807) is 0 Å². The summed E-state index contributed by atoms with van der Waals surface area (Å²) < 4.78 is 5.12. The first-order valence-corrected chi connectivity index (χ1v) is 4.82. The van der Waals surface area contributed by atoms with E-state index in [1.165, 1.54) is 11.8 Å². The summed E-state index contributed by atoms with van der Waals surface area (Å²) in [4.78, 5) is 13.1. The zero-order valence-electron chi connectivity index (χ0n) is 6.71. The molecule has 0 unspecified atom stereocenters. The summed E-state index contributed by atoms with van der Waals surface area (Å²) in [5.41, 5.74) is 0. The molecule has 1 aliphatic heterocycles. The van der Waals surface area contributed by atoms with E-state index < -0.39 is 0 Å². The molecule has 0 spiro atoms. The second-order valence-electron chi connectivity index (χ2n) is 2.30. The van der Waals surface area contributed by atoms with E-state index in [2.05, 4.69) is 0 Å². The quantitative estimate of drug-likeness (QED) is 0.599.